The average molecular weight is 171 g/mol. The molecule has 0 rings (SSSR count). The molecule has 0 aromatic carbocycles. The first kappa shape index (κ1) is 12.0. The molecule has 0 radical (unpaired) electrons. The van der Waals surface area contributed by atoms with E-state index in [2.05, 4.69) is 33.0 Å². The van der Waals surface area contributed by atoms with Gasteiger partial charge in [0.25, 0.3) is 0 Å². The van der Waals surface area contributed by atoms with Gasteiger partial charge in [0.15, 0.2) is 0 Å². The highest BCUT2D eigenvalue weighted by atomic mass is 14.9. The van der Waals surface area contributed by atoms with Crippen molar-refractivity contribution >= 4 is 0 Å². The minimum absolute atomic E-state index is 0.640. The van der Waals surface area contributed by atoms with Crippen molar-refractivity contribution in [2.75, 3.05) is 6.54 Å². The standard InChI is InChI=1S/C11H25N/c1-5-7-11(8-6-2)9-12-10(3)4/h10-12H,5-9H2,1-4H3. The average Bonchev–Trinajstić information content (AvgIpc) is 2.01. The first-order valence-electron chi connectivity index (χ1n) is 5.44. The molecule has 0 aliphatic carbocycles. The predicted octanol–water partition coefficient (Wildman–Crippen LogP) is 3.20. The van der Waals surface area contributed by atoms with Crippen LogP contribution < -0.4 is 5.32 Å². The molecule has 0 unspecified atom stereocenters. The molecule has 0 saturated carbocycles. The Balaban J connectivity index is 3.48. The summed E-state index contributed by atoms with van der Waals surface area (Å²) < 4.78 is 0. The van der Waals surface area contributed by atoms with E-state index in [1.807, 2.05) is 0 Å². The van der Waals surface area contributed by atoms with Crippen LogP contribution in [0, 0.1) is 5.92 Å². The van der Waals surface area contributed by atoms with Gasteiger partial charge in [-0.3, -0.25) is 0 Å². The lowest BCUT2D eigenvalue weighted by Crippen LogP contribution is -2.28. The first-order valence-corrected chi connectivity index (χ1v) is 5.44. The van der Waals surface area contributed by atoms with Crippen molar-refractivity contribution in [2.24, 2.45) is 5.92 Å². The van der Waals surface area contributed by atoms with E-state index in [1.54, 1.807) is 0 Å². The van der Waals surface area contributed by atoms with Crippen LogP contribution in [0.25, 0.3) is 0 Å². The van der Waals surface area contributed by atoms with Gasteiger partial charge in [-0.2, -0.15) is 0 Å². The van der Waals surface area contributed by atoms with Crippen LogP contribution in [0.2, 0.25) is 0 Å². The van der Waals surface area contributed by atoms with Crippen LogP contribution >= 0.6 is 0 Å². The van der Waals surface area contributed by atoms with Gasteiger partial charge in [-0.25, -0.2) is 0 Å². The molecule has 0 saturated heterocycles. The Kier molecular flexibility index (Phi) is 7.58. The van der Waals surface area contributed by atoms with E-state index in [-0.39, 0.29) is 0 Å². The molecule has 74 valence electrons. The Morgan fingerprint density at radius 1 is 1.00 bits per heavy atom. The minimum atomic E-state index is 0.640. The zero-order valence-electron chi connectivity index (χ0n) is 9.19. The fraction of sp³-hybridized carbons (Fsp3) is 1.00. The van der Waals surface area contributed by atoms with Crippen molar-refractivity contribution in [3.63, 3.8) is 0 Å². The normalized spacial score (nSPS) is 11.5. The van der Waals surface area contributed by atoms with Gasteiger partial charge in [0.1, 0.15) is 0 Å². The molecule has 0 atom stereocenters. The molecule has 12 heavy (non-hydrogen) atoms. The third kappa shape index (κ3) is 6.66. The molecule has 0 aliphatic rings. The van der Waals surface area contributed by atoms with Crippen LogP contribution in [0.5, 0.6) is 0 Å². The van der Waals surface area contributed by atoms with Crippen LogP contribution in [0.3, 0.4) is 0 Å². The molecule has 0 heterocycles. The number of hydrogen-bond acceptors (Lipinski definition) is 1. The Morgan fingerprint density at radius 3 is 1.83 bits per heavy atom. The smallest absolute Gasteiger partial charge is 0.00104 e. The molecule has 1 nitrogen and oxygen atoms in total. The molecule has 0 spiro atoms. The molecule has 0 aliphatic heterocycles. The second-order valence-electron chi connectivity index (χ2n) is 4.01. The van der Waals surface area contributed by atoms with Crippen molar-refractivity contribution in [1.29, 1.82) is 0 Å². The van der Waals surface area contributed by atoms with Gasteiger partial charge in [-0.15, -0.1) is 0 Å². The summed E-state index contributed by atoms with van der Waals surface area (Å²) in [5.74, 6) is 0.905. The van der Waals surface area contributed by atoms with E-state index in [4.69, 9.17) is 0 Å². The highest BCUT2D eigenvalue weighted by Gasteiger charge is 2.06. The number of hydrogen-bond donors (Lipinski definition) is 1. The van der Waals surface area contributed by atoms with Crippen LogP contribution in [0.4, 0.5) is 0 Å². The Labute approximate surface area is 77.9 Å². The van der Waals surface area contributed by atoms with Gasteiger partial charge < -0.3 is 5.32 Å². The van der Waals surface area contributed by atoms with Gasteiger partial charge in [0.05, 0.1) is 0 Å². The Morgan fingerprint density at radius 2 is 1.50 bits per heavy atom. The summed E-state index contributed by atoms with van der Waals surface area (Å²) in [6.07, 6.45) is 5.41. The fourth-order valence-electron chi connectivity index (χ4n) is 1.57. The van der Waals surface area contributed by atoms with E-state index in [0.717, 1.165) is 5.92 Å². The van der Waals surface area contributed by atoms with Crippen molar-refractivity contribution < 1.29 is 0 Å². The predicted molar refractivity (Wildman–Crippen MR) is 56.4 cm³/mol. The number of rotatable bonds is 7. The van der Waals surface area contributed by atoms with E-state index in [0.29, 0.717) is 6.04 Å². The Bertz CT molecular complexity index is 83.0. The third-order valence-corrected chi connectivity index (χ3v) is 2.21. The lowest BCUT2D eigenvalue weighted by atomic mass is 9.98. The second kappa shape index (κ2) is 7.60. The maximum absolute atomic E-state index is 3.52. The second-order valence-corrected chi connectivity index (χ2v) is 4.01. The highest BCUT2D eigenvalue weighted by Crippen LogP contribution is 2.12. The molecule has 0 aromatic rings. The van der Waals surface area contributed by atoms with Crippen molar-refractivity contribution in [1.82, 2.24) is 5.32 Å². The van der Waals surface area contributed by atoms with Crippen LogP contribution in [0.1, 0.15) is 53.4 Å². The van der Waals surface area contributed by atoms with Crippen LogP contribution in [-0.4, -0.2) is 12.6 Å². The molecule has 0 bridgehead atoms. The Hall–Kier alpha value is -0.0400. The largest absolute Gasteiger partial charge is 0.314 e. The van der Waals surface area contributed by atoms with Crippen molar-refractivity contribution in [2.45, 2.75) is 59.4 Å². The zero-order valence-corrected chi connectivity index (χ0v) is 9.19. The summed E-state index contributed by atoms with van der Waals surface area (Å²) in [5.41, 5.74) is 0. The topological polar surface area (TPSA) is 12.0 Å². The molecular formula is C11H25N. The molecule has 1 heteroatoms. The van der Waals surface area contributed by atoms with Gasteiger partial charge in [0.2, 0.25) is 0 Å². The summed E-state index contributed by atoms with van der Waals surface area (Å²) in [7, 11) is 0. The van der Waals surface area contributed by atoms with Crippen LogP contribution in [0.15, 0.2) is 0 Å². The first-order chi connectivity index (χ1) is 5.70. The molecule has 0 fully saturated rings. The monoisotopic (exact) mass is 171 g/mol. The third-order valence-electron chi connectivity index (χ3n) is 2.21. The van der Waals surface area contributed by atoms with Gasteiger partial charge >= 0.3 is 0 Å². The summed E-state index contributed by atoms with van der Waals surface area (Å²) in [5, 5.41) is 3.52. The molecule has 1 N–H and O–H groups in total. The van der Waals surface area contributed by atoms with E-state index in [1.165, 1.54) is 32.2 Å². The molecule has 0 aromatic heterocycles. The SMILES string of the molecule is CCCC(CCC)CNC(C)C. The van der Waals surface area contributed by atoms with Gasteiger partial charge in [-0.05, 0) is 25.3 Å². The van der Waals surface area contributed by atoms with E-state index < -0.39 is 0 Å². The van der Waals surface area contributed by atoms with Gasteiger partial charge in [-0.1, -0.05) is 40.5 Å². The van der Waals surface area contributed by atoms with Gasteiger partial charge in [0, 0.05) is 6.04 Å². The maximum atomic E-state index is 3.52. The minimum Gasteiger partial charge on any atom is -0.314 e. The summed E-state index contributed by atoms with van der Waals surface area (Å²) in [6, 6.07) is 0.640. The lowest BCUT2D eigenvalue weighted by molar-refractivity contribution is 0.394. The molecular weight excluding hydrogens is 146 g/mol. The highest BCUT2D eigenvalue weighted by molar-refractivity contribution is 4.63. The number of nitrogens with one attached hydrogen (secondary N) is 1. The van der Waals surface area contributed by atoms with E-state index in [9.17, 15) is 0 Å². The van der Waals surface area contributed by atoms with Crippen molar-refractivity contribution in [3.05, 3.63) is 0 Å². The summed E-state index contributed by atoms with van der Waals surface area (Å²) >= 11 is 0. The summed E-state index contributed by atoms with van der Waals surface area (Å²) in [6.45, 7) is 10.2. The maximum Gasteiger partial charge on any atom is 0.00104 e. The quantitative estimate of drug-likeness (QED) is 0.620. The zero-order chi connectivity index (χ0) is 9.40. The fourth-order valence-corrected chi connectivity index (χ4v) is 1.57. The van der Waals surface area contributed by atoms with E-state index >= 15 is 0 Å². The van der Waals surface area contributed by atoms with Crippen molar-refractivity contribution in [3.8, 4) is 0 Å². The van der Waals surface area contributed by atoms with Crippen LogP contribution in [-0.2, 0) is 0 Å². The molecule has 0 amide bonds. The summed E-state index contributed by atoms with van der Waals surface area (Å²) in [4.78, 5) is 0. The lowest BCUT2D eigenvalue weighted by Gasteiger charge is -2.17.